The molecule has 10 heteroatoms. The number of ether oxygens (including phenoxy) is 2. The molecule has 1 amide bonds. The molecule has 9 nitrogen and oxygen atoms in total. The standard InChI is InChI=1S/C31H31N5O4S/c1-18-15-24(19(2)35(18)22-10-8-9-21(16-22)30(38)40-5)29-28(25-11-6-7-14-32-25)34-31(41)36(29)23-12-13-27(39-4)26(17-23)33-20(3)37/h6-17,28-29H,1-5H3,(H,33,37)(H,34,41)/t28-,29-/m1/s1. The van der Waals surface area contributed by atoms with Crippen LogP contribution in [0.25, 0.3) is 5.69 Å². The minimum Gasteiger partial charge on any atom is -0.495 e. The molecule has 2 N–H and O–H groups in total. The van der Waals surface area contributed by atoms with Crippen molar-refractivity contribution in [2.75, 3.05) is 24.4 Å². The van der Waals surface area contributed by atoms with Crippen molar-refractivity contribution in [2.45, 2.75) is 32.9 Å². The molecule has 1 saturated heterocycles. The fourth-order valence-corrected chi connectivity index (χ4v) is 5.80. The summed E-state index contributed by atoms with van der Waals surface area (Å²) in [5.74, 6) is -0.0533. The second kappa shape index (κ2) is 11.4. The summed E-state index contributed by atoms with van der Waals surface area (Å²) < 4.78 is 12.5. The molecule has 1 aliphatic heterocycles. The Bertz CT molecular complexity index is 1630. The van der Waals surface area contributed by atoms with Crippen molar-refractivity contribution in [1.29, 1.82) is 0 Å². The van der Waals surface area contributed by atoms with Crippen LogP contribution in [-0.2, 0) is 9.53 Å². The smallest absolute Gasteiger partial charge is 0.337 e. The number of nitrogens with one attached hydrogen (secondary N) is 2. The number of rotatable bonds is 7. The summed E-state index contributed by atoms with van der Waals surface area (Å²) in [7, 11) is 2.93. The van der Waals surface area contributed by atoms with E-state index in [0.717, 1.165) is 34.0 Å². The van der Waals surface area contributed by atoms with Crippen molar-refractivity contribution in [3.8, 4) is 11.4 Å². The molecule has 3 heterocycles. The SMILES string of the molecule is COC(=O)c1cccc(-n2c(C)cc([C@@H]3[C@@H](c4ccccn4)NC(=S)N3c3ccc(OC)c(NC(C)=O)c3)c2C)c1. The summed E-state index contributed by atoms with van der Waals surface area (Å²) in [5, 5.41) is 6.88. The van der Waals surface area contributed by atoms with Crippen molar-refractivity contribution in [3.63, 3.8) is 0 Å². The van der Waals surface area contributed by atoms with Gasteiger partial charge >= 0.3 is 5.97 Å². The Morgan fingerprint density at radius 2 is 1.80 bits per heavy atom. The Morgan fingerprint density at radius 1 is 1.00 bits per heavy atom. The van der Waals surface area contributed by atoms with Crippen LogP contribution in [0.2, 0.25) is 0 Å². The van der Waals surface area contributed by atoms with E-state index in [1.165, 1.54) is 14.0 Å². The van der Waals surface area contributed by atoms with E-state index in [2.05, 4.69) is 38.1 Å². The summed E-state index contributed by atoms with van der Waals surface area (Å²) in [5.41, 5.74) is 6.51. The van der Waals surface area contributed by atoms with Crippen molar-refractivity contribution < 1.29 is 19.1 Å². The van der Waals surface area contributed by atoms with E-state index in [0.29, 0.717) is 22.1 Å². The van der Waals surface area contributed by atoms with Crippen LogP contribution in [0, 0.1) is 13.8 Å². The van der Waals surface area contributed by atoms with Crippen LogP contribution >= 0.6 is 12.2 Å². The Kier molecular flexibility index (Phi) is 7.76. The zero-order valence-electron chi connectivity index (χ0n) is 23.5. The molecule has 210 valence electrons. The maximum atomic E-state index is 12.3. The van der Waals surface area contributed by atoms with Crippen LogP contribution in [0.3, 0.4) is 0 Å². The molecule has 0 aliphatic carbocycles. The van der Waals surface area contributed by atoms with Crippen molar-refractivity contribution in [1.82, 2.24) is 14.9 Å². The Hall–Kier alpha value is -4.70. The van der Waals surface area contributed by atoms with Crippen LogP contribution in [0.15, 0.2) is 72.9 Å². The second-order valence-corrected chi connectivity index (χ2v) is 10.2. The lowest BCUT2D eigenvalue weighted by atomic mass is 9.96. The summed E-state index contributed by atoms with van der Waals surface area (Å²) in [6.07, 6.45) is 1.77. The van der Waals surface area contributed by atoms with Gasteiger partial charge in [-0.1, -0.05) is 12.1 Å². The fraction of sp³-hybridized carbons (Fsp3) is 0.226. The topological polar surface area (TPSA) is 97.7 Å². The number of aromatic nitrogens is 2. The number of hydrogen-bond acceptors (Lipinski definition) is 6. The van der Waals surface area contributed by atoms with Gasteiger partial charge in [0, 0.05) is 35.9 Å². The van der Waals surface area contributed by atoms with Gasteiger partial charge in [-0.2, -0.15) is 0 Å². The van der Waals surface area contributed by atoms with E-state index in [1.54, 1.807) is 19.4 Å². The lowest BCUT2D eigenvalue weighted by Crippen LogP contribution is -2.29. The monoisotopic (exact) mass is 569 g/mol. The molecular weight excluding hydrogens is 538 g/mol. The van der Waals surface area contributed by atoms with E-state index in [1.807, 2.05) is 61.5 Å². The quantitative estimate of drug-likeness (QED) is 0.225. The number of anilines is 2. The van der Waals surface area contributed by atoms with Gasteiger partial charge in [-0.05, 0) is 86.2 Å². The molecule has 1 aliphatic rings. The number of carbonyl (C=O) groups excluding carboxylic acids is 2. The summed E-state index contributed by atoms with van der Waals surface area (Å²) in [6.45, 7) is 5.54. The number of carbonyl (C=O) groups is 2. The highest BCUT2D eigenvalue weighted by molar-refractivity contribution is 7.80. The van der Waals surface area contributed by atoms with Gasteiger partial charge in [-0.15, -0.1) is 0 Å². The van der Waals surface area contributed by atoms with Gasteiger partial charge < -0.3 is 29.6 Å². The van der Waals surface area contributed by atoms with E-state index >= 15 is 0 Å². The van der Waals surface area contributed by atoms with Crippen LogP contribution in [0.4, 0.5) is 11.4 Å². The number of nitrogens with zero attached hydrogens (tertiary/aromatic N) is 3. The van der Waals surface area contributed by atoms with Crippen molar-refractivity contribution in [2.24, 2.45) is 0 Å². The maximum absolute atomic E-state index is 12.3. The lowest BCUT2D eigenvalue weighted by Gasteiger charge is -2.29. The molecule has 0 bridgehead atoms. The van der Waals surface area contributed by atoms with Crippen LogP contribution < -0.4 is 20.3 Å². The third kappa shape index (κ3) is 5.26. The van der Waals surface area contributed by atoms with Gasteiger partial charge in [0.25, 0.3) is 0 Å². The second-order valence-electron chi connectivity index (χ2n) is 9.77. The number of esters is 1. The van der Waals surface area contributed by atoms with E-state index < -0.39 is 5.97 Å². The Labute approximate surface area is 244 Å². The molecular formula is C31H31N5O4S. The first-order valence-electron chi connectivity index (χ1n) is 13.1. The first-order valence-corrected chi connectivity index (χ1v) is 13.5. The molecule has 1 fully saturated rings. The van der Waals surface area contributed by atoms with Gasteiger partial charge in [-0.25, -0.2) is 4.79 Å². The van der Waals surface area contributed by atoms with Gasteiger partial charge in [0.2, 0.25) is 5.91 Å². The largest absolute Gasteiger partial charge is 0.495 e. The first-order chi connectivity index (χ1) is 19.7. The average Bonchev–Trinajstić information content (AvgIpc) is 3.47. The highest BCUT2D eigenvalue weighted by Gasteiger charge is 2.42. The number of benzene rings is 2. The molecule has 5 rings (SSSR count). The molecule has 0 saturated carbocycles. The molecule has 4 aromatic rings. The minimum atomic E-state index is -0.393. The number of amides is 1. The van der Waals surface area contributed by atoms with Gasteiger partial charge in [-0.3, -0.25) is 9.78 Å². The van der Waals surface area contributed by atoms with Crippen LogP contribution in [-0.4, -0.2) is 40.8 Å². The van der Waals surface area contributed by atoms with Gasteiger partial charge in [0.1, 0.15) is 5.75 Å². The predicted molar refractivity (Wildman–Crippen MR) is 162 cm³/mol. The summed E-state index contributed by atoms with van der Waals surface area (Å²) >= 11 is 5.91. The number of hydrogen-bond donors (Lipinski definition) is 2. The molecule has 41 heavy (non-hydrogen) atoms. The molecule has 2 aromatic carbocycles. The number of methoxy groups -OCH3 is 2. The fourth-order valence-electron chi connectivity index (χ4n) is 5.46. The predicted octanol–water partition coefficient (Wildman–Crippen LogP) is 5.42. The van der Waals surface area contributed by atoms with E-state index in [4.69, 9.17) is 21.7 Å². The number of pyridine rings is 1. The number of thiocarbonyl (C=S) groups is 1. The maximum Gasteiger partial charge on any atom is 0.337 e. The normalized spacial score (nSPS) is 16.3. The zero-order chi connectivity index (χ0) is 29.3. The van der Waals surface area contributed by atoms with Crippen LogP contribution in [0.5, 0.6) is 5.75 Å². The Morgan fingerprint density at radius 3 is 2.49 bits per heavy atom. The summed E-state index contributed by atoms with van der Waals surface area (Å²) in [6, 6.07) is 20.4. The van der Waals surface area contributed by atoms with Gasteiger partial charge in [0.15, 0.2) is 5.11 Å². The molecule has 0 spiro atoms. The molecule has 2 atom stereocenters. The average molecular weight is 570 g/mol. The first kappa shape index (κ1) is 27.9. The van der Waals surface area contributed by atoms with E-state index in [9.17, 15) is 9.59 Å². The minimum absolute atomic E-state index is 0.205. The lowest BCUT2D eigenvalue weighted by molar-refractivity contribution is -0.114. The molecule has 0 radical (unpaired) electrons. The summed E-state index contributed by atoms with van der Waals surface area (Å²) in [4.78, 5) is 30.9. The van der Waals surface area contributed by atoms with Gasteiger partial charge in [0.05, 0.1) is 43.2 Å². The van der Waals surface area contributed by atoms with Crippen molar-refractivity contribution in [3.05, 3.63) is 101 Å². The zero-order valence-corrected chi connectivity index (χ0v) is 24.3. The molecule has 0 unspecified atom stereocenters. The highest BCUT2D eigenvalue weighted by atomic mass is 32.1. The number of aryl methyl sites for hydroxylation is 1. The van der Waals surface area contributed by atoms with Crippen LogP contribution in [0.1, 0.15) is 52.0 Å². The van der Waals surface area contributed by atoms with E-state index in [-0.39, 0.29) is 18.0 Å². The molecule has 2 aromatic heterocycles. The highest BCUT2D eigenvalue weighted by Crippen LogP contribution is 2.45. The van der Waals surface area contributed by atoms with Crippen molar-refractivity contribution >= 4 is 40.6 Å². The third-order valence-corrected chi connectivity index (χ3v) is 7.50. The Balaban J connectivity index is 1.67. The third-order valence-electron chi connectivity index (χ3n) is 7.18.